The number of thioether (sulfide) groups is 1. The van der Waals surface area contributed by atoms with Crippen LogP contribution in [-0.4, -0.2) is 60.4 Å². The summed E-state index contributed by atoms with van der Waals surface area (Å²) in [5.74, 6) is 0.705. The molecule has 2 aliphatic rings. The second-order valence-electron chi connectivity index (χ2n) is 5.54. The number of anilines is 1. The van der Waals surface area contributed by atoms with Crippen LogP contribution in [0.1, 0.15) is 0 Å². The molecule has 0 unspecified atom stereocenters. The van der Waals surface area contributed by atoms with E-state index in [4.69, 9.17) is 17.0 Å². The molecule has 23 heavy (non-hydrogen) atoms. The van der Waals surface area contributed by atoms with E-state index >= 15 is 0 Å². The number of piperazine rings is 1. The highest BCUT2D eigenvalue weighted by Crippen LogP contribution is 2.35. The molecule has 1 aromatic carbocycles. The molecule has 0 radical (unpaired) electrons. The van der Waals surface area contributed by atoms with Crippen LogP contribution in [0.25, 0.3) is 0 Å². The number of thiocarbonyl (C=S) groups is 1. The second-order valence-corrected chi connectivity index (χ2v) is 7.21. The number of likely N-dealkylation sites (N-methyl/N-ethyl adjacent to an activating group) is 1. The van der Waals surface area contributed by atoms with Crippen LogP contribution in [0.3, 0.4) is 0 Å². The van der Waals surface area contributed by atoms with Crippen molar-refractivity contribution in [2.75, 3.05) is 45.2 Å². The molecule has 0 atom stereocenters. The molecule has 0 spiro atoms. The predicted octanol–water partition coefficient (Wildman–Crippen LogP) is 2.15. The van der Waals surface area contributed by atoms with E-state index in [2.05, 4.69) is 16.8 Å². The first-order valence-corrected chi connectivity index (χ1v) is 8.65. The maximum absolute atomic E-state index is 12.7. The van der Waals surface area contributed by atoms with Crippen LogP contribution in [0, 0.1) is 0 Å². The average Bonchev–Trinajstić information content (AvgIpc) is 2.84. The van der Waals surface area contributed by atoms with Crippen LogP contribution in [-0.2, 0) is 4.79 Å². The number of carbonyl (C=O) groups excluding carboxylic acids is 1. The number of rotatable bonds is 3. The van der Waals surface area contributed by atoms with E-state index in [1.807, 2.05) is 30.5 Å². The van der Waals surface area contributed by atoms with Gasteiger partial charge in [0.2, 0.25) is 0 Å². The Kier molecular flexibility index (Phi) is 4.89. The lowest BCUT2D eigenvalue weighted by Gasteiger charge is -2.31. The third-order valence-electron chi connectivity index (χ3n) is 3.96. The van der Waals surface area contributed by atoms with Crippen LogP contribution >= 0.6 is 24.0 Å². The van der Waals surface area contributed by atoms with Gasteiger partial charge < -0.3 is 14.5 Å². The fourth-order valence-electron chi connectivity index (χ4n) is 2.53. The van der Waals surface area contributed by atoms with E-state index in [0.717, 1.165) is 37.6 Å². The van der Waals surface area contributed by atoms with E-state index in [9.17, 15) is 4.79 Å². The van der Waals surface area contributed by atoms with Gasteiger partial charge in [0.15, 0.2) is 4.32 Å². The molecule has 0 saturated carbocycles. The molecular weight excluding hydrogens is 330 g/mol. The van der Waals surface area contributed by atoms with Gasteiger partial charge >= 0.3 is 0 Å². The molecule has 2 fully saturated rings. The van der Waals surface area contributed by atoms with Crippen LogP contribution in [0.2, 0.25) is 0 Å². The normalized spacial score (nSPS) is 21.4. The summed E-state index contributed by atoms with van der Waals surface area (Å²) in [6.07, 6.45) is 1.95. The second kappa shape index (κ2) is 6.90. The van der Waals surface area contributed by atoms with Crippen molar-refractivity contribution in [2.24, 2.45) is 0 Å². The van der Waals surface area contributed by atoms with Gasteiger partial charge in [0.1, 0.15) is 5.75 Å². The maximum atomic E-state index is 12.7. The lowest BCUT2D eigenvalue weighted by atomic mass is 10.2. The smallest absolute Gasteiger partial charge is 0.272 e. The molecule has 5 nitrogen and oxygen atoms in total. The van der Waals surface area contributed by atoms with E-state index in [1.54, 1.807) is 12.0 Å². The average molecular weight is 349 g/mol. The Hall–Kier alpha value is -1.57. The monoisotopic (exact) mass is 349 g/mol. The molecule has 2 aliphatic heterocycles. The van der Waals surface area contributed by atoms with Crippen LogP contribution in [0.5, 0.6) is 5.75 Å². The van der Waals surface area contributed by atoms with Gasteiger partial charge in [-0.25, -0.2) is 0 Å². The summed E-state index contributed by atoms with van der Waals surface area (Å²) in [6.45, 7) is 3.89. The van der Waals surface area contributed by atoms with E-state index in [-0.39, 0.29) is 5.91 Å². The summed E-state index contributed by atoms with van der Waals surface area (Å²) >= 11 is 6.76. The molecule has 2 heterocycles. The highest BCUT2D eigenvalue weighted by atomic mass is 32.2. The number of hydrogen-bond acceptors (Lipinski definition) is 6. The minimum atomic E-state index is -0.0518. The van der Waals surface area contributed by atoms with Crippen molar-refractivity contribution in [1.82, 2.24) is 9.80 Å². The van der Waals surface area contributed by atoms with Crippen molar-refractivity contribution in [2.45, 2.75) is 0 Å². The zero-order valence-electron chi connectivity index (χ0n) is 13.2. The molecule has 3 rings (SSSR count). The predicted molar refractivity (Wildman–Crippen MR) is 97.8 cm³/mol. The first-order chi connectivity index (χ1) is 11.1. The van der Waals surface area contributed by atoms with Gasteiger partial charge in [0, 0.05) is 32.4 Å². The number of nitrogens with zero attached hydrogens (tertiary/aromatic N) is 3. The third-order valence-corrected chi connectivity index (χ3v) is 5.25. The minimum Gasteiger partial charge on any atom is -0.497 e. The van der Waals surface area contributed by atoms with Crippen molar-refractivity contribution in [3.8, 4) is 5.75 Å². The molecule has 1 amide bonds. The van der Waals surface area contributed by atoms with E-state index < -0.39 is 0 Å². The van der Waals surface area contributed by atoms with Gasteiger partial charge in [0.25, 0.3) is 5.91 Å². The highest BCUT2D eigenvalue weighted by Gasteiger charge is 2.34. The van der Waals surface area contributed by atoms with E-state index in [1.165, 1.54) is 11.8 Å². The molecule has 122 valence electrons. The zero-order chi connectivity index (χ0) is 16.4. The van der Waals surface area contributed by atoms with Gasteiger partial charge in [-0.1, -0.05) is 24.0 Å². The Balaban J connectivity index is 1.76. The quantitative estimate of drug-likeness (QED) is 0.615. The molecule has 0 aromatic heterocycles. The standard InChI is InChI=1S/C16H19N3O2S2/c1-17-7-9-18(10-8-17)11-14-15(20)19(16(22)23-14)12-3-5-13(21-2)6-4-12/h3-6,11H,7-10H2,1-2H3. The molecule has 2 saturated heterocycles. The van der Waals surface area contributed by atoms with Crippen LogP contribution in [0.15, 0.2) is 35.4 Å². The Morgan fingerprint density at radius 2 is 1.83 bits per heavy atom. The van der Waals surface area contributed by atoms with Crippen molar-refractivity contribution in [3.63, 3.8) is 0 Å². The van der Waals surface area contributed by atoms with Crippen molar-refractivity contribution < 1.29 is 9.53 Å². The summed E-state index contributed by atoms with van der Waals surface area (Å²) in [5, 5.41) is 0. The molecule has 0 N–H and O–H groups in total. The molecule has 0 aliphatic carbocycles. The lowest BCUT2D eigenvalue weighted by Crippen LogP contribution is -2.42. The number of amides is 1. The maximum Gasteiger partial charge on any atom is 0.272 e. The molecule has 7 heteroatoms. The summed E-state index contributed by atoms with van der Waals surface area (Å²) in [5.41, 5.74) is 0.773. The van der Waals surface area contributed by atoms with Crippen LogP contribution in [0.4, 0.5) is 5.69 Å². The van der Waals surface area contributed by atoms with Crippen molar-refractivity contribution in [1.29, 1.82) is 0 Å². The van der Waals surface area contributed by atoms with Crippen LogP contribution < -0.4 is 9.64 Å². The molecular formula is C16H19N3O2S2. The van der Waals surface area contributed by atoms with Crippen molar-refractivity contribution >= 4 is 39.9 Å². The number of benzene rings is 1. The lowest BCUT2D eigenvalue weighted by molar-refractivity contribution is -0.113. The summed E-state index contributed by atoms with van der Waals surface area (Å²) in [6, 6.07) is 7.36. The van der Waals surface area contributed by atoms with Gasteiger partial charge in [-0.15, -0.1) is 0 Å². The van der Waals surface area contributed by atoms with Gasteiger partial charge in [0.05, 0.1) is 17.7 Å². The fourth-order valence-corrected chi connectivity index (χ4v) is 3.83. The number of methoxy groups -OCH3 is 1. The largest absolute Gasteiger partial charge is 0.497 e. The summed E-state index contributed by atoms with van der Waals surface area (Å²) in [7, 11) is 3.73. The Morgan fingerprint density at radius 1 is 1.17 bits per heavy atom. The zero-order valence-corrected chi connectivity index (χ0v) is 14.8. The first kappa shape index (κ1) is 16.3. The number of ether oxygens (including phenoxy) is 1. The highest BCUT2D eigenvalue weighted by molar-refractivity contribution is 8.27. The molecule has 1 aromatic rings. The Morgan fingerprint density at radius 3 is 2.43 bits per heavy atom. The first-order valence-electron chi connectivity index (χ1n) is 7.43. The Bertz CT molecular complexity index is 637. The number of hydrogen-bond donors (Lipinski definition) is 0. The van der Waals surface area contributed by atoms with Gasteiger partial charge in [-0.3, -0.25) is 9.69 Å². The van der Waals surface area contributed by atoms with Gasteiger partial charge in [-0.05, 0) is 31.3 Å². The minimum absolute atomic E-state index is 0.0518. The summed E-state index contributed by atoms with van der Waals surface area (Å²) < 4.78 is 5.72. The van der Waals surface area contributed by atoms with Crippen molar-refractivity contribution in [3.05, 3.63) is 35.4 Å². The topological polar surface area (TPSA) is 36.0 Å². The van der Waals surface area contributed by atoms with Gasteiger partial charge in [-0.2, -0.15) is 0 Å². The van der Waals surface area contributed by atoms with E-state index in [0.29, 0.717) is 9.23 Å². The SMILES string of the molecule is COc1ccc(N2C(=O)C(=CN3CCN(C)CC3)SC2=S)cc1. The third kappa shape index (κ3) is 3.52. The number of carbonyl (C=O) groups is 1. The fraction of sp³-hybridized carbons (Fsp3) is 0.375. The Labute approximate surface area is 145 Å². The molecule has 0 bridgehead atoms. The summed E-state index contributed by atoms with van der Waals surface area (Å²) in [4.78, 5) is 19.4.